The van der Waals surface area contributed by atoms with Crippen molar-refractivity contribution in [2.24, 2.45) is 11.1 Å². The molecule has 1 rings (SSSR count). The van der Waals surface area contributed by atoms with Gasteiger partial charge in [0.15, 0.2) is 0 Å². The summed E-state index contributed by atoms with van der Waals surface area (Å²) in [4.78, 5) is 5.07. The first-order chi connectivity index (χ1) is 7.94. The molecule has 0 saturated carbocycles. The molecule has 0 aromatic heterocycles. The number of rotatable bonds is 6. The molecule has 1 heterocycles. The van der Waals surface area contributed by atoms with Crippen LogP contribution in [0.4, 0.5) is 0 Å². The minimum absolute atomic E-state index is 0.424. The number of hydrogen-bond acceptors (Lipinski definition) is 3. The monoisotopic (exact) mass is 241 g/mol. The first-order valence-corrected chi connectivity index (χ1v) is 7.07. The summed E-state index contributed by atoms with van der Waals surface area (Å²) in [6.07, 6.45) is 3.75. The highest BCUT2D eigenvalue weighted by Crippen LogP contribution is 2.26. The Bertz CT molecular complexity index is 216. The summed E-state index contributed by atoms with van der Waals surface area (Å²) in [5.41, 5.74) is 6.07. The van der Waals surface area contributed by atoms with Crippen LogP contribution in [0.5, 0.6) is 0 Å². The van der Waals surface area contributed by atoms with E-state index in [1.165, 1.54) is 39.0 Å². The summed E-state index contributed by atoms with van der Waals surface area (Å²) in [7, 11) is 2.23. The maximum Gasteiger partial charge on any atom is 0.0192 e. The molecule has 17 heavy (non-hydrogen) atoms. The highest BCUT2D eigenvalue weighted by Gasteiger charge is 2.21. The van der Waals surface area contributed by atoms with Gasteiger partial charge in [0.25, 0.3) is 0 Å². The van der Waals surface area contributed by atoms with Gasteiger partial charge in [-0.1, -0.05) is 13.8 Å². The van der Waals surface area contributed by atoms with Crippen LogP contribution in [0.3, 0.4) is 0 Å². The van der Waals surface area contributed by atoms with Crippen LogP contribution in [0.15, 0.2) is 0 Å². The lowest BCUT2D eigenvalue weighted by Crippen LogP contribution is -2.50. The molecule has 0 spiro atoms. The first kappa shape index (κ1) is 14.9. The van der Waals surface area contributed by atoms with Gasteiger partial charge in [-0.3, -0.25) is 0 Å². The number of nitrogens with two attached hydrogens (primary N) is 1. The van der Waals surface area contributed by atoms with Crippen LogP contribution in [0, 0.1) is 5.41 Å². The Morgan fingerprint density at radius 2 is 1.94 bits per heavy atom. The summed E-state index contributed by atoms with van der Waals surface area (Å²) in [5, 5.41) is 0. The molecule has 0 radical (unpaired) electrons. The highest BCUT2D eigenvalue weighted by atomic mass is 15.3. The molecule has 3 heteroatoms. The third-order valence-electron chi connectivity index (χ3n) is 4.19. The maximum atomic E-state index is 5.65. The summed E-state index contributed by atoms with van der Waals surface area (Å²) in [5.74, 6) is 0. The molecule has 0 aromatic carbocycles. The third kappa shape index (κ3) is 5.36. The highest BCUT2D eigenvalue weighted by molar-refractivity contribution is 4.77. The molecule has 0 aromatic rings. The first-order valence-electron chi connectivity index (χ1n) is 7.07. The lowest BCUT2D eigenvalue weighted by Gasteiger charge is -2.38. The second kappa shape index (κ2) is 6.72. The summed E-state index contributed by atoms with van der Waals surface area (Å²) >= 11 is 0. The van der Waals surface area contributed by atoms with Crippen molar-refractivity contribution in [1.82, 2.24) is 9.80 Å². The van der Waals surface area contributed by atoms with Crippen LogP contribution in [0.25, 0.3) is 0 Å². The summed E-state index contributed by atoms with van der Waals surface area (Å²) in [6, 6.07) is 0.709. The van der Waals surface area contributed by atoms with Crippen LogP contribution in [-0.2, 0) is 0 Å². The van der Waals surface area contributed by atoms with Gasteiger partial charge in [0.1, 0.15) is 0 Å². The van der Waals surface area contributed by atoms with E-state index >= 15 is 0 Å². The van der Waals surface area contributed by atoms with E-state index in [4.69, 9.17) is 5.73 Å². The minimum atomic E-state index is 0.424. The molecule has 1 saturated heterocycles. The SMILES string of the molecule is CC1CN(CCCC(C)(C)CCN)CCN1C. The van der Waals surface area contributed by atoms with Gasteiger partial charge in [-0.05, 0) is 51.7 Å². The Morgan fingerprint density at radius 1 is 1.24 bits per heavy atom. The third-order valence-corrected chi connectivity index (χ3v) is 4.19. The van der Waals surface area contributed by atoms with Crippen molar-refractivity contribution in [1.29, 1.82) is 0 Å². The molecule has 1 aliphatic rings. The Morgan fingerprint density at radius 3 is 2.53 bits per heavy atom. The minimum Gasteiger partial charge on any atom is -0.330 e. The van der Waals surface area contributed by atoms with Gasteiger partial charge >= 0.3 is 0 Å². The second-order valence-electron chi connectivity index (χ2n) is 6.44. The summed E-state index contributed by atoms with van der Waals surface area (Å²) in [6.45, 7) is 12.8. The average molecular weight is 241 g/mol. The van der Waals surface area contributed by atoms with E-state index in [9.17, 15) is 0 Å². The fraction of sp³-hybridized carbons (Fsp3) is 1.00. The van der Waals surface area contributed by atoms with Crippen molar-refractivity contribution >= 4 is 0 Å². The fourth-order valence-corrected chi connectivity index (χ4v) is 2.62. The lowest BCUT2D eigenvalue weighted by atomic mass is 9.84. The van der Waals surface area contributed by atoms with Crippen molar-refractivity contribution < 1.29 is 0 Å². The lowest BCUT2D eigenvalue weighted by molar-refractivity contribution is 0.100. The molecule has 1 aliphatic heterocycles. The molecule has 1 fully saturated rings. The predicted molar refractivity (Wildman–Crippen MR) is 75.2 cm³/mol. The van der Waals surface area contributed by atoms with E-state index in [1.54, 1.807) is 0 Å². The zero-order valence-corrected chi connectivity index (χ0v) is 12.2. The molecule has 0 bridgehead atoms. The van der Waals surface area contributed by atoms with E-state index in [-0.39, 0.29) is 0 Å². The Hall–Kier alpha value is -0.120. The fourth-order valence-electron chi connectivity index (χ4n) is 2.62. The number of likely N-dealkylation sites (N-methyl/N-ethyl adjacent to an activating group) is 1. The van der Waals surface area contributed by atoms with Crippen LogP contribution >= 0.6 is 0 Å². The molecule has 0 aliphatic carbocycles. The van der Waals surface area contributed by atoms with Gasteiger partial charge in [-0.15, -0.1) is 0 Å². The quantitative estimate of drug-likeness (QED) is 0.769. The standard InChI is InChI=1S/C14H31N3/c1-13-12-17(11-10-16(13)4)9-5-6-14(2,3)7-8-15/h13H,5-12,15H2,1-4H3. The molecular formula is C14H31N3. The Kier molecular flexibility index (Phi) is 5.90. The predicted octanol–water partition coefficient (Wildman–Crippen LogP) is 1.78. The number of piperazine rings is 1. The van der Waals surface area contributed by atoms with E-state index < -0.39 is 0 Å². The van der Waals surface area contributed by atoms with Crippen LogP contribution in [0.2, 0.25) is 0 Å². The normalized spacial score (nSPS) is 24.2. The van der Waals surface area contributed by atoms with E-state index in [1.807, 2.05) is 0 Å². The summed E-state index contributed by atoms with van der Waals surface area (Å²) < 4.78 is 0. The zero-order valence-electron chi connectivity index (χ0n) is 12.2. The Labute approximate surface area is 107 Å². The van der Waals surface area contributed by atoms with Crippen LogP contribution in [-0.4, -0.2) is 55.6 Å². The maximum absolute atomic E-state index is 5.65. The van der Waals surface area contributed by atoms with Gasteiger partial charge in [-0.2, -0.15) is 0 Å². The van der Waals surface area contributed by atoms with Crippen molar-refractivity contribution in [3.63, 3.8) is 0 Å². The van der Waals surface area contributed by atoms with E-state index in [0.29, 0.717) is 11.5 Å². The second-order valence-corrected chi connectivity index (χ2v) is 6.44. The van der Waals surface area contributed by atoms with E-state index in [0.717, 1.165) is 13.0 Å². The molecule has 1 unspecified atom stereocenters. The smallest absolute Gasteiger partial charge is 0.0192 e. The molecule has 0 amide bonds. The molecule has 102 valence electrons. The van der Waals surface area contributed by atoms with Crippen LogP contribution < -0.4 is 5.73 Å². The number of nitrogens with zero attached hydrogens (tertiary/aromatic N) is 2. The van der Waals surface area contributed by atoms with Gasteiger partial charge in [0.2, 0.25) is 0 Å². The van der Waals surface area contributed by atoms with Crippen molar-refractivity contribution in [2.75, 3.05) is 39.8 Å². The largest absolute Gasteiger partial charge is 0.330 e. The zero-order chi connectivity index (χ0) is 12.9. The van der Waals surface area contributed by atoms with Crippen molar-refractivity contribution in [3.05, 3.63) is 0 Å². The van der Waals surface area contributed by atoms with E-state index in [2.05, 4.69) is 37.6 Å². The average Bonchev–Trinajstić information content (AvgIpc) is 2.23. The Balaban J connectivity index is 2.19. The van der Waals surface area contributed by atoms with Gasteiger partial charge < -0.3 is 15.5 Å². The molecular weight excluding hydrogens is 210 g/mol. The molecule has 3 nitrogen and oxygen atoms in total. The topological polar surface area (TPSA) is 32.5 Å². The number of hydrogen-bond donors (Lipinski definition) is 1. The van der Waals surface area contributed by atoms with Crippen LogP contribution in [0.1, 0.15) is 40.0 Å². The van der Waals surface area contributed by atoms with Gasteiger partial charge in [0.05, 0.1) is 0 Å². The van der Waals surface area contributed by atoms with Gasteiger partial charge in [-0.25, -0.2) is 0 Å². The molecule has 2 N–H and O–H groups in total. The van der Waals surface area contributed by atoms with Crippen molar-refractivity contribution in [3.8, 4) is 0 Å². The van der Waals surface area contributed by atoms with Gasteiger partial charge in [0, 0.05) is 25.7 Å². The molecule has 1 atom stereocenters. The van der Waals surface area contributed by atoms with Crippen molar-refractivity contribution in [2.45, 2.75) is 46.1 Å².